The van der Waals surface area contributed by atoms with Gasteiger partial charge in [-0.15, -0.1) is 0 Å². The molecule has 6 nitrogen and oxygen atoms in total. The number of amides is 3. The van der Waals surface area contributed by atoms with Crippen LogP contribution >= 0.6 is 0 Å². The van der Waals surface area contributed by atoms with Crippen LogP contribution in [0, 0.1) is 0 Å². The molecule has 0 bridgehead atoms. The summed E-state index contributed by atoms with van der Waals surface area (Å²) >= 11 is 0. The summed E-state index contributed by atoms with van der Waals surface area (Å²) in [5.41, 5.74) is 2.74. The van der Waals surface area contributed by atoms with Crippen LogP contribution in [0.1, 0.15) is 49.5 Å². The van der Waals surface area contributed by atoms with Crippen LogP contribution in [0.25, 0.3) is 0 Å². The molecule has 0 saturated carbocycles. The molecule has 0 saturated heterocycles. The molecule has 3 amide bonds. The van der Waals surface area contributed by atoms with Gasteiger partial charge in [0.1, 0.15) is 0 Å². The molecule has 6 heteroatoms. The van der Waals surface area contributed by atoms with Crippen LogP contribution < -0.4 is 10.6 Å². The number of carbonyl (C=O) groups is 3. The smallest absolute Gasteiger partial charge is 0.254 e. The van der Waals surface area contributed by atoms with E-state index in [0.29, 0.717) is 25.4 Å². The van der Waals surface area contributed by atoms with Gasteiger partial charge in [0.2, 0.25) is 12.3 Å². The maximum atomic E-state index is 12.5. The van der Waals surface area contributed by atoms with Crippen LogP contribution in [-0.4, -0.2) is 35.2 Å². The van der Waals surface area contributed by atoms with Gasteiger partial charge in [-0.3, -0.25) is 19.7 Å². The lowest BCUT2D eigenvalue weighted by atomic mass is 10.1. The predicted molar refractivity (Wildman–Crippen MR) is 88.0 cm³/mol. The van der Waals surface area contributed by atoms with Crippen molar-refractivity contribution in [2.75, 3.05) is 5.32 Å². The molecule has 0 aromatic heterocycles. The third kappa shape index (κ3) is 4.09. The third-order valence-corrected chi connectivity index (χ3v) is 3.93. The molecule has 0 spiro atoms. The molecule has 2 rings (SSSR count). The van der Waals surface area contributed by atoms with Crippen molar-refractivity contribution in [2.45, 2.75) is 52.2 Å². The summed E-state index contributed by atoms with van der Waals surface area (Å²) in [5.74, 6) is -0.321. The number of nitrogens with one attached hydrogen (secondary N) is 2. The summed E-state index contributed by atoms with van der Waals surface area (Å²) in [4.78, 5) is 35.8. The minimum Gasteiger partial charge on any atom is -0.383 e. The van der Waals surface area contributed by atoms with Gasteiger partial charge in [-0.25, -0.2) is 0 Å². The van der Waals surface area contributed by atoms with E-state index in [2.05, 4.69) is 24.5 Å². The van der Waals surface area contributed by atoms with Crippen LogP contribution in [0.4, 0.5) is 5.69 Å². The maximum absolute atomic E-state index is 12.5. The molecule has 1 aliphatic rings. The zero-order chi connectivity index (χ0) is 17.0. The first-order valence-corrected chi connectivity index (χ1v) is 7.85. The molecule has 1 aromatic carbocycles. The molecule has 1 heterocycles. The second kappa shape index (κ2) is 7.26. The quantitative estimate of drug-likeness (QED) is 0.753. The van der Waals surface area contributed by atoms with Gasteiger partial charge in [-0.2, -0.15) is 0 Å². The molecule has 0 radical (unpaired) electrons. The summed E-state index contributed by atoms with van der Waals surface area (Å²) in [5, 5.41) is 5.45. The van der Waals surface area contributed by atoms with Crippen molar-refractivity contribution in [1.82, 2.24) is 10.2 Å². The van der Waals surface area contributed by atoms with Gasteiger partial charge in [0, 0.05) is 36.3 Å². The molecule has 1 unspecified atom stereocenters. The SMILES string of the molecule is CC(C)Nc1ccc2c(c1)CN(C(C)CCC(=O)NC=O)C2=O. The van der Waals surface area contributed by atoms with E-state index in [1.165, 1.54) is 0 Å². The Morgan fingerprint density at radius 1 is 1.35 bits per heavy atom. The van der Waals surface area contributed by atoms with Gasteiger partial charge in [0.15, 0.2) is 0 Å². The third-order valence-electron chi connectivity index (χ3n) is 3.93. The molecule has 0 aliphatic carbocycles. The van der Waals surface area contributed by atoms with Gasteiger partial charge < -0.3 is 10.2 Å². The lowest BCUT2D eigenvalue weighted by Gasteiger charge is -2.23. The van der Waals surface area contributed by atoms with Gasteiger partial charge in [-0.1, -0.05) is 0 Å². The van der Waals surface area contributed by atoms with Gasteiger partial charge in [-0.05, 0) is 51.0 Å². The van der Waals surface area contributed by atoms with Crippen LogP contribution in [0.5, 0.6) is 0 Å². The van der Waals surface area contributed by atoms with Crippen LogP contribution in [0.15, 0.2) is 18.2 Å². The highest BCUT2D eigenvalue weighted by Gasteiger charge is 2.30. The molecule has 2 N–H and O–H groups in total. The summed E-state index contributed by atoms with van der Waals surface area (Å²) in [6.07, 6.45) is 1.13. The Bertz CT molecular complexity index is 613. The van der Waals surface area contributed by atoms with E-state index in [1.807, 2.05) is 25.1 Å². The van der Waals surface area contributed by atoms with Crippen LogP contribution in [0.2, 0.25) is 0 Å². The zero-order valence-corrected chi connectivity index (χ0v) is 13.8. The van der Waals surface area contributed by atoms with E-state index >= 15 is 0 Å². The molecule has 0 fully saturated rings. The highest BCUT2D eigenvalue weighted by molar-refractivity contribution is 5.99. The first-order chi connectivity index (χ1) is 10.9. The van der Waals surface area contributed by atoms with E-state index in [9.17, 15) is 14.4 Å². The fraction of sp³-hybridized carbons (Fsp3) is 0.471. The molecule has 1 atom stereocenters. The molecular weight excluding hydrogens is 294 g/mol. The lowest BCUT2D eigenvalue weighted by molar-refractivity contribution is -0.125. The Labute approximate surface area is 136 Å². The molecule has 23 heavy (non-hydrogen) atoms. The number of hydrogen-bond donors (Lipinski definition) is 2. The second-order valence-electron chi connectivity index (χ2n) is 6.18. The number of rotatable bonds is 7. The minimum atomic E-state index is -0.320. The number of fused-ring (bicyclic) bond motifs is 1. The fourth-order valence-electron chi connectivity index (χ4n) is 2.76. The first kappa shape index (κ1) is 17.0. The monoisotopic (exact) mass is 317 g/mol. The lowest BCUT2D eigenvalue weighted by Crippen LogP contribution is -2.34. The highest BCUT2D eigenvalue weighted by Crippen LogP contribution is 2.28. The zero-order valence-electron chi connectivity index (χ0n) is 13.8. The van der Waals surface area contributed by atoms with Crippen molar-refractivity contribution in [3.63, 3.8) is 0 Å². The van der Waals surface area contributed by atoms with Gasteiger partial charge >= 0.3 is 0 Å². The van der Waals surface area contributed by atoms with Crippen molar-refractivity contribution in [3.8, 4) is 0 Å². The largest absolute Gasteiger partial charge is 0.383 e. The van der Waals surface area contributed by atoms with E-state index in [0.717, 1.165) is 16.8 Å². The Balaban J connectivity index is 2.02. The first-order valence-electron chi connectivity index (χ1n) is 7.85. The van der Waals surface area contributed by atoms with Crippen LogP contribution in [0.3, 0.4) is 0 Å². The Kier molecular flexibility index (Phi) is 5.36. The number of anilines is 1. The normalized spacial score (nSPS) is 14.6. The summed E-state index contributed by atoms with van der Waals surface area (Å²) in [7, 11) is 0. The molecule has 124 valence electrons. The van der Waals surface area contributed by atoms with E-state index < -0.39 is 0 Å². The molecular formula is C17H23N3O3. The van der Waals surface area contributed by atoms with Crippen molar-refractivity contribution >= 4 is 23.9 Å². The minimum absolute atomic E-state index is 0.000563. The summed E-state index contributed by atoms with van der Waals surface area (Å²) in [6, 6.07) is 6.06. The number of benzene rings is 1. The van der Waals surface area contributed by atoms with E-state index in [4.69, 9.17) is 0 Å². The maximum Gasteiger partial charge on any atom is 0.254 e. The summed E-state index contributed by atoms with van der Waals surface area (Å²) in [6.45, 7) is 6.61. The summed E-state index contributed by atoms with van der Waals surface area (Å²) < 4.78 is 0. The number of imide groups is 1. The predicted octanol–water partition coefficient (Wildman–Crippen LogP) is 1.90. The number of carbonyl (C=O) groups excluding carboxylic acids is 3. The molecule has 1 aromatic rings. The Morgan fingerprint density at radius 3 is 2.74 bits per heavy atom. The van der Waals surface area contributed by atoms with Crippen molar-refractivity contribution in [3.05, 3.63) is 29.3 Å². The topological polar surface area (TPSA) is 78.5 Å². The van der Waals surface area contributed by atoms with Crippen molar-refractivity contribution < 1.29 is 14.4 Å². The average Bonchev–Trinajstić information content (AvgIpc) is 2.81. The molecule has 1 aliphatic heterocycles. The number of hydrogen-bond acceptors (Lipinski definition) is 4. The van der Waals surface area contributed by atoms with Gasteiger partial charge in [0.25, 0.3) is 5.91 Å². The van der Waals surface area contributed by atoms with Gasteiger partial charge in [0.05, 0.1) is 0 Å². The highest BCUT2D eigenvalue weighted by atomic mass is 16.2. The fourth-order valence-corrected chi connectivity index (χ4v) is 2.76. The van der Waals surface area contributed by atoms with Crippen LogP contribution in [-0.2, 0) is 16.1 Å². The van der Waals surface area contributed by atoms with Crippen molar-refractivity contribution in [1.29, 1.82) is 0 Å². The second-order valence-corrected chi connectivity index (χ2v) is 6.18. The van der Waals surface area contributed by atoms with Crippen molar-refractivity contribution in [2.24, 2.45) is 0 Å². The standard InChI is InChI=1S/C17H23N3O3/c1-11(2)19-14-5-6-15-13(8-14)9-20(17(15)23)12(3)4-7-16(22)18-10-21/h5-6,8,10-12,19H,4,7,9H2,1-3H3,(H,18,21,22). The average molecular weight is 317 g/mol. The van der Waals surface area contributed by atoms with E-state index in [-0.39, 0.29) is 24.3 Å². The Hall–Kier alpha value is -2.37. The van der Waals surface area contributed by atoms with E-state index in [1.54, 1.807) is 4.90 Å². The Morgan fingerprint density at radius 2 is 2.09 bits per heavy atom. The number of nitrogens with zero attached hydrogens (tertiary/aromatic N) is 1.